The average Bonchev–Trinajstić information content (AvgIpc) is 3.91. The van der Waals surface area contributed by atoms with Crippen LogP contribution in [0.4, 0.5) is 11.4 Å². The summed E-state index contributed by atoms with van der Waals surface area (Å²) in [6, 6.07) is 23.6. The number of rotatable bonds is 21. The van der Waals surface area contributed by atoms with Crippen LogP contribution >= 0.6 is 0 Å². The molecule has 3 saturated heterocycles. The number of fused-ring (bicyclic) bond motifs is 1. The number of amides is 3. The van der Waals surface area contributed by atoms with E-state index in [1.165, 1.54) is 12.0 Å². The van der Waals surface area contributed by atoms with E-state index in [1.807, 2.05) is 84.9 Å². The highest BCUT2D eigenvalue weighted by Gasteiger charge is 2.76. The van der Waals surface area contributed by atoms with E-state index in [0.717, 1.165) is 24.3 Å². The molecule has 3 amide bonds. The van der Waals surface area contributed by atoms with Gasteiger partial charge in [0.15, 0.2) is 0 Å². The topological polar surface area (TPSA) is 138 Å². The number of methoxy groups -OCH3 is 1. The van der Waals surface area contributed by atoms with Crippen molar-refractivity contribution >= 4 is 35.1 Å². The van der Waals surface area contributed by atoms with Gasteiger partial charge in [0.05, 0.1) is 43.2 Å². The molecule has 3 heterocycles. The minimum Gasteiger partial charge on any atom is -0.455 e. The molecule has 0 aromatic heterocycles. The molecule has 3 aliphatic heterocycles. The lowest BCUT2D eigenvalue weighted by molar-refractivity contribution is -0.163. The Morgan fingerprint density at radius 1 is 0.983 bits per heavy atom. The largest absolute Gasteiger partial charge is 0.455 e. The Hall–Kier alpha value is -5.30. The number of nitrogens with one attached hydrogen (secondary N) is 1. The van der Waals surface area contributed by atoms with Gasteiger partial charge >= 0.3 is 5.97 Å². The zero-order valence-corrected chi connectivity index (χ0v) is 34.4. The molecule has 3 aromatic rings. The summed E-state index contributed by atoms with van der Waals surface area (Å²) in [5.41, 5.74) is 1.77. The molecule has 2 N–H and O–H groups in total. The van der Waals surface area contributed by atoms with Gasteiger partial charge in [0.25, 0.3) is 5.91 Å². The fourth-order valence-electron chi connectivity index (χ4n) is 9.33. The Morgan fingerprint density at radius 3 is 2.25 bits per heavy atom. The van der Waals surface area contributed by atoms with Gasteiger partial charge in [0.1, 0.15) is 17.7 Å². The SMILES string of the molecule is C=CCCC(=O)N[C@H](COC)[C@H](OC(=O)[C@@H]1[C@@H]2CC[C@]3(O2)[C@H](C(=O)N(CC=C)c2ccc(N(CC)CC)cc2)N([C@@H](CO)Cc2ccccc2)C(=O)[C@@H]13)c1ccccc1. The molecule has 314 valence electrons. The van der Waals surface area contributed by atoms with Gasteiger partial charge in [-0.25, -0.2) is 0 Å². The smallest absolute Gasteiger partial charge is 0.313 e. The summed E-state index contributed by atoms with van der Waals surface area (Å²) < 4.78 is 18.7. The van der Waals surface area contributed by atoms with Crippen molar-refractivity contribution in [2.24, 2.45) is 11.8 Å². The predicted molar refractivity (Wildman–Crippen MR) is 227 cm³/mol. The second-order valence-corrected chi connectivity index (χ2v) is 15.5. The standard InChI is InChI=1S/C47H58N4O8/c1-6-10-21-39(53)48-37(31-57-5)42(33-19-15-12-16-20-33)58-46(56)40-38-26-27-47(59-38)41(40)44(54)51(36(30-52)29-32-17-13-11-14-18-32)43(47)45(55)50(28-7-2)35-24-22-34(23-25-35)49(8-3)9-4/h6-7,11-20,22-25,36-38,40-43,52H,1-2,8-10,21,26-31H2,3-5H3,(H,48,53)/t36-,37-,38+,40-,41-,42-,43+,47-/m1/s1. The van der Waals surface area contributed by atoms with Crippen LogP contribution in [0.5, 0.6) is 0 Å². The summed E-state index contributed by atoms with van der Waals surface area (Å²) in [5.74, 6) is -3.88. The number of carbonyl (C=O) groups excluding carboxylic acids is 4. The highest BCUT2D eigenvalue weighted by atomic mass is 16.6. The highest BCUT2D eigenvalue weighted by Crippen LogP contribution is 2.59. The molecular formula is C47H58N4O8. The Kier molecular flexibility index (Phi) is 14.4. The maximum atomic E-state index is 15.3. The van der Waals surface area contributed by atoms with Crippen LogP contribution in [0.3, 0.4) is 0 Å². The van der Waals surface area contributed by atoms with Crippen molar-refractivity contribution < 1.29 is 38.5 Å². The molecule has 12 heteroatoms. The summed E-state index contributed by atoms with van der Waals surface area (Å²) in [6.07, 6.45) is 3.34. The van der Waals surface area contributed by atoms with Crippen molar-refractivity contribution in [1.82, 2.24) is 10.2 Å². The Bertz CT molecular complexity index is 1920. The number of nitrogens with zero attached hydrogens (tertiary/aromatic N) is 3. The molecule has 0 radical (unpaired) electrons. The normalized spacial score (nSPS) is 23.2. The summed E-state index contributed by atoms with van der Waals surface area (Å²) >= 11 is 0. The van der Waals surface area contributed by atoms with Crippen molar-refractivity contribution in [2.45, 2.75) is 81.9 Å². The fraction of sp³-hybridized carbons (Fsp3) is 0.447. The number of likely N-dealkylation sites (tertiary alicyclic amines) is 1. The molecule has 1 spiro atoms. The minimum absolute atomic E-state index is 0.0423. The van der Waals surface area contributed by atoms with Crippen LogP contribution < -0.4 is 15.1 Å². The van der Waals surface area contributed by atoms with Crippen molar-refractivity contribution in [1.29, 1.82) is 0 Å². The number of hydrogen-bond donors (Lipinski definition) is 2. The van der Waals surface area contributed by atoms with Crippen molar-refractivity contribution in [3.63, 3.8) is 0 Å². The Labute approximate surface area is 347 Å². The quantitative estimate of drug-likeness (QED) is 0.107. The van der Waals surface area contributed by atoms with Crippen LogP contribution in [0.25, 0.3) is 0 Å². The molecule has 3 fully saturated rings. The number of esters is 1. The first kappa shape index (κ1) is 43.3. The summed E-state index contributed by atoms with van der Waals surface area (Å²) in [4.78, 5) is 63.6. The van der Waals surface area contributed by atoms with E-state index < -0.39 is 66.3 Å². The third-order valence-corrected chi connectivity index (χ3v) is 12.0. The summed E-state index contributed by atoms with van der Waals surface area (Å²) in [5, 5.41) is 14.0. The van der Waals surface area contributed by atoms with Gasteiger partial charge in [-0.3, -0.25) is 19.2 Å². The highest BCUT2D eigenvalue weighted by molar-refractivity contribution is 6.05. The average molecular weight is 807 g/mol. The molecule has 6 rings (SSSR count). The van der Waals surface area contributed by atoms with E-state index in [0.29, 0.717) is 30.5 Å². The van der Waals surface area contributed by atoms with Crippen molar-refractivity contribution in [3.8, 4) is 0 Å². The molecule has 3 aliphatic rings. The minimum atomic E-state index is -1.37. The molecule has 0 unspecified atom stereocenters. The molecule has 12 nitrogen and oxygen atoms in total. The molecular weight excluding hydrogens is 749 g/mol. The lowest BCUT2D eigenvalue weighted by Crippen LogP contribution is -2.59. The van der Waals surface area contributed by atoms with Gasteiger partial charge in [-0.15, -0.1) is 13.2 Å². The maximum Gasteiger partial charge on any atom is 0.313 e. The molecule has 8 atom stereocenters. The first-order valence-corrected chi connectivity index (χ1v) is 20.7. The number of aliphatic hydroxyl groups is 1. The number of benzene rings is 3. The zero-order valence-electron chi connectivity index (χ0n) is 34.4. The number of ether oxygens (including phenoxy) is 3. The lowest BCUT2D eigenvalue weighted by atomic mass is 9.70. The van der Waals surface area contributed by atoms with E-state index in [2.05, 4.69) is 37.2 Å². The van der Waals surface area contributed by atoms with E-state index in [9.17, 15) is 14.7 Å². The maximum absolute atomic E-state index is 15.3. The summed E-state index contributed by atoms with van der Waals surface area (Å²) in [7, 11) is 1.51. The molecule has 59 heavy (non-hydrogen) atoms. The van der Waals surface area contributed by atoms with Gasteiger partial charge in [0, 0.05) is 44.5 Å². The number of anilines is 2. The predicted octanol–water partition coefficient (Wildman–Crippen LogP) is 5.41. The van der Waals surface area contributed by atoms with Gasteiger partial charge < -0.3 is 39.3 Å². The zero-order chi connectivity index (χ0) is 42.1. The monoisotopic (exact) mass is 806 g/mol. The fourth-order valence-corrected chi connectivity index (χ4v) is 9.33. The van der Waals surface area contributed by atoms with Gasteiger partial charge in [0.2, 0.25) is 11.8 Å². The van der Waals surface area contributed by atoms with E-state index in [-0.39, 0.29) is 37.8 Å². The Balaban J connectivity index is 1.39. The van der Waals surface area contributed by atoms with Crippen molar-refractivity contribution in [3.05, 3.63) is 121 Å². The third kappa shape index (κ3) is 8.85. The number of hydrogen-bond acceptors (Lipinski definition) is 9. The van der Waals surface area contributed by atoms with Crippen LogP contribution in [-0.4, -0.2) is 103 Å². The second-order valence-electron chi connectivity index (χ2n) is 15.5. The van der Waals surface area contributed by atoms with Gasteiger partial charge in [-0.1, -0.05) is 72.8 Å². The Morgan fingerprint density at radius 2 is 1.64 bits per heavy atom. The third-order valence-electron chi connectivity index (χ3n) is 12.0. The van der Waals surface area contributed by atoms with Crippen LogP contribution in [0.15, 0.2) is 110 Å². The van der Waals surface area contributed by atoms with Crippen LogP contribution in [0.1, 0.15) is 56.8 Å². The molecule has 2 bridgehead atoms. The van der Waals surface area contributed by atoms with E-state index >= 15 is 9.59 Å². The molecule has 0 aliphatic carbocycles. The van der Waals surface area contributed by atoms with Crippen molar-refractivity contribution in [2.75, 3.05) is 49.8 Å². The lowest BCUT2D eigenvalue weighted by Gasteiger charge is -2.39. The van der Waals surface area contributed by atoms with Crippen LogP contribution in [0, 0.1) is 11.8 Å². The van der Waals surface area contributed by atoms with E-state index in [1.54, 1.807) is 17.1 Å². The van der Waals surface area contributed by atoms with E-state index in [4.69, 9.17) is 14.2 Å². The molecule has 3 aromatic carbocycles. The first-order chi connectivity index (χ1) is 28.7. The number of carbonyl (C=O) groups is 4. The summed E-state index contributed by atoms with van der Waals surface area (Å²) in [6.45, 7) is 13.3. The van der Waals surface area contributed by atoms with Crippen LogP contribution in [-0.2, 0) is 39.8 Å². The number of allylic oxidation sites excluding steroid dienone is 1. The molecule has 0 saturated carbocycles. The number of aliphatic hydroxyl groups excluding tert-OH is 1. The second kappa shape index (κ2) is 19.6. The first-order valence-electron chi connectivity index (χ1n) is 20.7. The van der Waals surface area contributed by atoms with Gasteiger partial charge in [-0.05, 0) is 74.9 Å². The van der Waals surface area contributed by atoms with Crippen LogP contribution in [0.2, 0.25) is 0 Å². The van der Waals surface area contributed by atoms with Gasteiger partial charge in [-0.2, -0.15) is 0 Å².